The van der Waals surface area contributed by atoms with Gasteiger partial charge in [-0.2, -0.15) is 0 Å². The number of carbonyl (C=O) groups excluding carboxylic acids is 1. The van der Waals surface area contributed by atoms with E-state index in [2.05, 4.69) is 0 Å². The van der Waals surface area contributed by atoms with Crippen molar-refractivity contribution in [3.63, 3.8) is 0 Å². The molecular weight excluding hydrogens is 208 g/mol. The molecule has 0 amide bonds. The maximum Gasteiger partial charge on any atom is 0.154 e. The van der Waals surface area contributed by atoms with Gasteiger partial charge in [-0.3, -0.25) is 4.79 Å². The number of aromatic hydroxyl groups is 1. The van der Waals surface area contributed by atoms with E-state index >= 15 is 0 Å². The number of phenols is 1. The Morgan fingerprint density at radius 2 is 2.00 bits per heavy atom. The van der Waals surface area contributed by atoms with Crippen LogP contribution in [-0.4, -0.2) is 33.8 Å². The molecule has 16 heavy (non-hydrogen) atoms. The number of rotatable bonds is 4. The van der Waals surface area contributed by atoms with Gasteiger partial charge in [-0.15, -0.1) is 0 Å². The third kappa shape index (κ3) is 2.92. The zero-order chi connectivity index (χ0) is 12.1. The fourth-order valence-corrected chi connectivity index (χ4v) is 1.21. The molecule has 86 valence electrons. The molecule has 0 saturated heterocycles. The van der Waals surface area contributed by atoms with Gasteiger partial charge in [-0.1, -0.05) is 24.3 Å². The maximum absolute atomic E-state index is 10.7. The van der Waals surface area contributed by atoms with Crippen molar-refractivity contribution in [2.45, 2.75) is 19.1 Å². The lowest BCUT2D eigenvalue weighted by molar-refractivity contribution is 0.0624. The summed E-state index contributed by atoms with van der Waals surface area (Å²) in [7, 11) is 0. The van der Waals surface area contributed by atoms with Crippen LogP contribution in [0.1, 0.15) is 22.8 Å². The summed E-state index contributed by atoms with van der Waals surface area (Å²) in [6.45, 7) is 1.46. The summed E-state index contributed by atoms with van der Waals surface area (Å²) in [4.78, 5) is 10.7. The normalized spacial score (nSPS) is 14.9. The number of benzene rings is 1. The molecule has 1 rings (SSSR count). The van der Waals surface area contributed by atoms with Gasteiger partial charge >= 0.3 is 0 Å². The second kappa shape index (κ2) is 5.44. The fraction of sp³-hybridized carbons (Fsp3) is 0.250. The predicted octanol–water partition coefficient (Wildman–Crippen LogP) is 0.960. The number of carbonyl (C=O) groups is 1. The van der Waals surface area contributed by atoms with E-state index in [1.807, 2.05) is 0 Å². The quantitative estimate of drug-likeness (QED) is 0.663. The van der Waals surface area contributed by atoms with Gasteiger partial charge in [-0.25, -0.2) is 0 Å². The Balaban J connectivity index is 2.97. The van der Waals surface area contributed by atoms with E-state index in [1.54, 1.807) is 12.1 Å². The Kier molecular flexibility index (Phi) is 4.22. The minimum atomic E-state index is -0.998. The minimum absolute atomic E-state index is 0.108. The first-order chi connectivity index (χ1) is 7.56. The third-order valence-corrected chi connectivity index (χ3v) is 2.20. The summed E-state index contributed by atoms with van der Waals surface area (Å²) in [5.74, 6) is -0.108. The molecule has 0 aliphatic carbocycles. The molecule has 0 radical (unpaired) electrons. The molecule has 0 aromatic heterocycles. The Morgan fingerprint density at radius 1 is 1.31 bits per heavy atom. The number of aliphatic hydroxyl groups is 2. The SMILES string of the molecule is C[C@@H](O)[C@H](O)C=Cc1cccc(O)c1C=O. The van der Waals surface area contributed by atoms with Gasteiger partial charge in [0.2, 0.25) is 0 Å². The van der Waals surface area contributed by atoms with E-state index in [0.29, 0.717) is 11.8 Å². The van der Waals surface area contributed by atoms with Crippen LogP contribution < -0.4 is 0 Å². The van der Waals surface area contributed by atoms with Crippen LogP contribution >= 0.6 is 0 Å². The number of aliphatic hydroxyl groups excluding tert-OH is 2. The molecule has 0 heterocycles. The van der Waals surface area contributed by atoms with Crippen molar-refractivity contribution in [1.29, 1.82) is 0 Å². The molecular formula is C12H14O4. The molecule has 0 fully saturated rings. The van der Waals surface area contributed by atoms with E-state index in [9.17, 15) is 15.0 Å². The van der Waals surface area contributed by atoms with Crippen LogP contribution in [0, 0.1) is 0 Å². The lowest BCUT2D eigenvalue weighted by Crippen LogP contribution is -2.19. The van der Waals surface area contributed by atoms with Crippen molar-refractivity contribution in [3.05, 3.63) is 35.4 Å². The number of phenolic OH excluding ortho intramolecular Hbond substituents is 1. The highest BCUT2D eigenvalue weighted by Crippen LogP contribution is 2.20. The Hall–Kier alpha value is -1.65. The van der Waals surface area contributed by atoms with Gasteiger partial charge in [0.1, 0.15) is 5.75 Å². The molecule has 0 aliphatic heterocycles. The zero-order valence-electron chi connectivity index (χ0n) is 8.87. The molecule has 4 heteroatoms. The number of hydrogen-bond donors (Lipinski definition) is 3. The van der Waals surface area contributed by atoms with Crippen molar-refractivity contribution >= 4 is 12.4 Å². The second-order valence-electron chi connectivity index (χ2n) is 3.49. The highest BCUT2D eigenvalue weighted by molar-refractivity contribution is 5.85. The molecule has 0 unspecified atom stereocenters. The Morgan fingerprint density at radius 3 is 2.56 bits per heavy atom. The summed E-state index contributed by atoms with van der Waals surface area (Å²) < 4.78 is 0. The summed E-state index contributed by atoms with van der Waals surface area (Å²) >= 11 is 0. The van der Waals surface area contributed by atoms with Crippen molar-refractivity contribution in [2.75, 3.05) is 0 Å². The molecule has 0 bridgehead atoms. The van der Waals surface area contributed by atoms with Crippen LogP contribution in [0.3, 0.4) is 0 Å². The largest absolute Gasteiger partial charge is 0.507 e. The predicted molar refractivity (Wildman–Crippen MR) is 60.2 cm³/mol. The summed E-state index contributed by atoms with van der Waals surface area (Å²) in [6, 6.07) is 4.64. The van der Waals surface area contributed by atoms with Crippen LogP contribution in [0.4, 0.5) is 0 Å². The van der Waals surface area contributed by atoms with Crippen molar-refractivity contribution in [3.8, 4) is 5.75 Å². The van der Waals surface area contributed by atoms with Crippen molar-refractivity contribution in [2.24, 2.45) is 0 Å². The first-order valence-electron chi connectivity index (χ1n) is 4.87. The third-order valence-electron chi connectivity index (χ3n) is 2.20. The minimum Gasteiger partial charge on any atom is -0.507 e. The standard InChI is InChI=1S/C12H14O4/c1-8(14)11(15)6-5-9-3-2-4-12(16)10(9)7-13/h2-8,11,14-16H,1H3/t8-,11-/m1/s1. The molecule has 2 atom stereocenters. The first-order valence-corrected chi connectivity index (χ1v) is 4.87. The van der Waals surface area contributed by atoms with E-state index in [0.717, 1.165) is 0 Å². The number of hydrogen-bond acceptors (Lipinski definition) is 4. The summed E-state index contributed by atoms with van der Waals surface area (Å²) in [5, 5.41) is 27.8. The number of aldehydes is 1. The molecule has 1 aromatic carbocycles. The average Bonchev–Trinajstić information content (AvgIpc) is 2.25. The van der Waals surface area contributed by atoms with Crippen LogP contribution in [0.2, 0.25) is 0 Å². The van der Waals surface area contributed by atoms with Crippen molar-refractivity contribution in [1.82, 2.24) is 0 Å². The van der Waals surface area contributed by atoms with E-state index in [1.165, 1.54) is 25.1 Å². The zero-order valence-corrected chi connectivity index (χ0v) is 8.87. The van der Waals surface area contributed by atoms with E-state index < -0.39 is 12.2 Å². The highest BCUT2D eigenvalue weighted by atomic mass is 16.3. The lowest BCUT2D eigenvalue weighted by Gasteiger charge is -2.08. The summed E-state index contributed by atoms with van der Waals surface area (Å²) in [5.41, 5.74) is 0.659. The molecule has 0 saturated carbocycles. The van der Waals surface area contributed by atoms with Gasteiger partial charge in [0, 0.05) is 0 Å². The molecule has 0 spiro atoms. The van der Waals surface area contributed by atoms with E-state index in [4.69, 9.17) is 5.11 Å². The Bertz CT molecular complexity index is 396. The fourth-order valence-electron chi connectivity index (χ4n) is 1.21. The molecule has 0 aliphatic rings. The maximum atomic E-state index is 10.7. The molecule has 1 aromatic rings. The van der Waals surface area contributed by atoms with Gasteiger partial charge in [0.05, 0.1) is 17.8 Å². The van der Waals surface area contributed by atoms with Gasteiger partial charge in [0.15, 0.2) is 6.29 Å². The first kappa shape index (κ1) is 12.4. The van der Waals surface area contributed by atoms with Crippen LogP contribution in [0.15, 0.2) is 24.3 Å². The lowest BCUT2D eigenvalue weighted by atomic mass is 10.1. The topological polar surface area (TPSA) is 77.8 Å². The van der Waals surface area contributed by atoms with Crippen LogP contribution in [0.25, 0.3) is 6.08 Å². The molecule has 3 N–H and O–H groups in total. The smallest absolute Gasteiger partial charge is 0.154 e. The van der Waals surface area contributed by atoms with Crippen molar-refractivity contribution < 1.29 is 20.1 Å². The Labute approximate surface area is 93.5 Å². The van der Waals surface area contributed by atoms with Crippen LogP contribution in [0.5, 0.6) is 5.75 Å². The van der Waals surface area contributed by atoms with Gasteiger partial charge in [-0.05, 0) is 18.6 Å². The second-order valence-corrected chi connectivity index (χ2v) is 3.49. The molecule has 4 nitrogen and oxygen atoms in total. The van der Waals surface area contributed by atoms with E-state index in [-0.39, 0.29) is 11.3 Å². The summed E-state index contributed by atoms with van der Waals surface area (Å²) in [6.07, 6.45) is 1.52. The average molecular weight is 222 g/mol. The van der Waals surface area contributed by atoms with Crippen LogP contribution in [-0.2, 0) is 0 Å². The van der Waals surface area contributed by atoms with Gasteiger partial charge < -0.3 is 15.3 Å². The highest BCUT2D eigenvalue weighted by Gasteiger charge is 2.07. The monoisotopic (exact) mass is 222 g/mol. The van der Waals surface area contributed by atoms with Gasteiger partial charge in [0.25, 0.3) is 0 Å².